The van der Waals surface area contributed by atoms with E-state index in [4.69, 9.17) is 18.2 Å². The van der Waals surface area contributed by atoms with Gasteiger partial charge in [0.05, 0.1) is 17.3 Å². The smallest absolute Gasteiger partial charge is 0.305 e. The van der Waals surface area contributed by atoms with Crippen molar-refractivity contribution in [3.63, 3.8) is 0 Å². The lowest BCUT2D eigenvalue weighted by Crippen LogP contribution is -2.43. The van der Waals surface area contributed by atoms with Crippen LogP contribution in [0.15, 0.2) is 66.7 Å². The van der Waals surface area contributed by atoms with Crippen molar-refractivity contribution in [2.75, 3.05) is 4.90 Å². The van der Waals surface area contributed by atoms with E-state index in [1.165, 1.54) is 11.0 Å². The predicted molar refractivity (Wildman–Crippen MR) is 127 cm³/mol. The number of amides is 3. The molecule has 3 amide bonds. The molecule has 1 aliphatic heterocycles. The van der Waals surface area contributed by atoms with Gasteiger partial charge in [-0.3, -0.25) is 4.79 Å². The van der Waals surface area contributed by atoms with E-state index in [0.717, 1.165) is 16.7 Å². The first kappa shape index (κ1) is 21.6. The van der Waals surface area contributed by atoms with E-state index in [1.807, 2.05) is 54.6 Å². The average molecular weight is 444 g/mol. The van der Waals surface area contributed by atoms with Crippen LogP contribution in [0.3, 0.4) is 0 Å². The third kappa shape index (κ3) is 3.53. The Morgan fingerprint density at radius 3 is 2.19 bits per heavy atom. The molecule has 1 heterocycles. The van der Waals surface area contributed by atoms with E-state index in [9.17, 15) is 9.59 Å². The highest BCUT2D eigenvalue weighted by molar-refractivity contribution is 6.35. The van der Waals surface area contributed by atoms with Crippen LogP contribution in [-0.2, 0) is 11.3 Å². The van der Waals surface area contributed by atoms with Gasteiger partial charge in [0.25, 0.3) is 5.91 Å². The zero-order chi connectivity index (χ0) is 23.0. The molecule has 160 valence electrons. The van der Waals surface area contributed by atoms with Crippen molar-refractivity contribution in [3.8, 4) is 11.1 Å². The molecule has 6 heteroatoms. The summed E-state index contributed by atoms with van der Waals surface area (Å²) >= 11 is 6.30. The largest absolute Gasteiger partial charge is 0.332 e. The van der Waals surface area contributed by atoms with Gasteiger partial charge in [-0.05, 0) is 49.1 Å². The van der Waals surface area contributed by atoms with Crippen LogP contribution >= 0.6 is 11.6 Å². The number of hydrogen-bond acceptors (Lipinski definition) is 2. The molecule has 1 saturated heterocycles. The maximum absolute atomic E-state index is 13.4. The molecule has 5 nitrogen and oxygen atoms in total. The number of hydrogen-bond donors (Lipinski definition) is 0. The van der Waals surface area contributed by atoms with E-state index in [1.54, 1.807) is 31.7 Å². The number of imide groups is 1. The average Bonchev–Trinajstić information content (AvgIpc) is 2.96. The Morgan fingerprint density at radius 1 is 0.938 bits per heavy atom. The highest BCUT2D eigenvalue weighted by Gasteiger charge is 2.52. The molecule has 3 aromatic carbocycles. The number of carbonyl (C=O) groups excluding carboxylic acids is 2. The Hall–Kier alpha value is -3.62. The number of nitrogens with zero attached hydrogens (tertiary/aromatic N) is 3. The van der Waals surface area contributed by atoms with Crippen molar-refractivity contribution in [3.05, 3.63) is 94.3 Å². The Balaban J connectivity index is 1.63. The van der Waals surface area contributed by atoms with Gasteiger partial charge in [-0.1, -0.05) is 72.3 Å². The topological polar surface area (TPSA) is 45.0 Å². The van der Waals surface area contributed by atoms with E-state index in [0.29, 0.717) is 23.5 Å². The lowest BCUT2D eigenvalue weighted by Gasteiger charge is -2.27. The maximum atomic E-state index is 13.4. The van der Waals surface area contributed by atoms with Gasteiger partial charge in [-0.25, -0.2) is 14.5 Å². The number of benzene rings is 3. The first-order valence-electron chi connectivity index (χ1n) is 10.2. The molecule has 1 fully saturated rings. The standard InChI is InChI=1S/C26H22ClN3O2/c1-17-22(15-14-21(28-4)23(17)27)30-24(31)26(2,3)29(25(30)32)16-18-10-12-20(13-11-18)19-8-6-5-7-9-19/h5-15H,16H2,1-3H3. The summed E-state index contributed by atoms with van der Waals surface area (Å²) in [7, 11) is 0. The van der Waals surface area contributed by atoms with Gasteiger partial charge >= 0.3 is 6.03 Å². The lowest BCUT2D eigenvalue weighted by molar-refractivity contribution is -0.123. The van der Waals surface area contributed by atoms with E-state index in [2.05, 4.69) is 4.85 Å². The van der Waals surface area contributed by atoms with Crippen LogP contribution in [0.5, 0.6) is 0 Å². The van der Waals surface area contributed by atoms with Crippen molar-refractivity contribution in [2.45, 2.75) is 32.9 Å². The minimum Gasteiger partial charge on any atom is -0.305 e. The van der Waals surface area contributed by atoms with Gasteiger partial charge in [0.1, 0.15) is 5.54 Å². The summed E-state index contributed by atoms with van der Waals surface area (Å²) in [5.74, 6) is -0.321. The fraction of sp³-hybridized carbons (Fsp3) is 0.192. The van der Waals surface area contributed by atoms with Crippen molar-refractivity contribution in [1.29, 1.82) is 0 Å². The lowest BCUT2D eigenvalue weighted by atomic mass is 10.0. The molecule has 0 aromatic heterocycles. The van der Waals surface area contributed by atoms with Gasteiger partial charge in [0.2, 0.25) is 5.69 Å². The number of urea groups is 1. The number of anilines is 1. The number of carbonyl (C=O) groups is 2. The van der Waals surface area contributed by atoms with Gasteiger partial charge in [-0.2, -0.15) is 0 Å². The molecule has 0 bridgehead atoms. The molecular formula is C26H22ClN3O2. The second-order valence-electron chi connectivity index (χ2n) is 8.29. The quantitative estimate of drug-likeness (QED) is 0.336. The Bertz CT molecular complexity index is 1240. The summed E-state index contributed by atoms with van der Waals surface area (Å²) in [4.78, 5) is 32.8. The molecular weight excluding hydrogens is 422 g/mol. The van der Waals surface area contributed by atoms with Crippen LogP contribution in [0.1, 0.15) is 25.0 Å². The highest BCUT2D eigenvalue weighted by atomic mass is 35.5. The Labute approximate surface area is 192 Å². The Morgan fingerprint density at radius 2 is 1.56 bits per heavy atom. The number of halogens is 1. The van der Waals surface area contributed by atoms with Crippen LogP contribution in [0.2, 0.25) is 5.02 Å². The molecule has 4 rings (SSSR count). The minimum atomic E-state index is -1.02. The van der Waals surface area contributed by atoms with Crippen molar-refractivity contribution in [2.24, 2.45) is 0 Å². The summed E-state index contributed by atoms with van der Waals surface area (Å²) in [6.07, 6.45) is 0. The fourth-order valence-corrected chi connectivity index (χ4v) is 4.12. The molecule has 3 aromatic rings. The van der Waals surface area contributed by atoms with Gasteiger partial charge in [0, 0.05) is 6.54 Å². The van der Waals surface area contributed by atoms with Crippen molar-refractivity contribution < 1.29 is 9.59 Å². The zero-order valence-corrected chi connectivity index (χ0v) is 18.8. The first-order valence-corrected chi connectivity index (χ1v) is 10.6. The molecule has 1 aliphatic rings. The van der Waals surface area contributed by atoms with E-state index < -0.39 is 11.6 Å². The van der Waals surface area contributed by atoms with Gasteiger partial charge in [-0.15, -0.1) is 0 Å². The molecule has 0 radical (unpaired) electrons. The van der Waals surface area contributed by atoms with E-state index >= 15 is 0 Å². The normalized spacial score (nSPS) is 15.2. The van der Waals surface area contributed by atoms with Gasteiger partial charge < -0.3 is 4.90 Å². The van der Waals surface area contributed by atoms with Crippen LogP contribution in [0, 0.1) is 13.5 Å². The monoisotopic (exact) mass is 443 g/mol. The first-order chi connectivity index (χ1) is 15.3. The summed E-state index contributed by atoms with van der Waals surface area (Å²) in [5.41, 5.74) is 3.35. The number of rotatable bonds is 4. The van der Waals surface area contributed by atoms with Crippen LogP contribution < -0.4 is 4.90 Å². The summed E-state index contributed by atoms with van der Waals surface area (Å²) < 4.78 is 0. The van der Waals surface area contributed by atoms with E-state index in [-0.39, 0.29) is 10.9 Å². The van der Waals surface area contributed by atoms with Crippen LogP contribution in [0.4, 0.5) is 16.2 Å². The molecule has 0 atom stereocenters. The summed E-state index contributed by atoms with van der Waals surface area (Å²) in [5, 5.41) is 0.255. The SMILES string of the molecule is [C-]#[N+]c1ccc(N2C(=O)N(Cc3ccc(-c4ccccc4)cc3)C(C)(C)C2=O)c(C)c1Cl. The molecule has 0 aliphatic carbocycles. The molecule has 0 spiro atoms. The molecule has 0 N–H and O–H groups in total. The molecule has 32 heavy (non-hydrogen) atoms. The molecule has 0 saturated carbocycles. The van der Waals surface area contributed by atoms with Crippen molar-refractivity contribution >= 4 is 34.9 Å². The Kier molecular flexibility index (Phi) is 5.50. The van der Waals surface area contributed by atoms with Crippen molar-refractivity contribution in [1.82, 2.24) is 4.90 Å². The maximum Gasteiger partial charge on any atom is 0.332 e. The predicted octanol–water partition coefficient (Wildman–Crippen LogP) is 6.61. The third-order valence-corrected chi connectivity index (χ3v) is 6.40. The second kappa shape index (κ2) is 8.14. The third-order valence-electron chi connectivity index (χ3n) is 5.92. The zero-order valence-electron chi connectivity index (χ0n) is 18.1. The fourth-order valence-electron chi connectivity index (χ4n) is 3.92. The van der Waals surface area contributed by atoms with Crippen LogP contribution in [-0.4, -0.2) is 22.4 Å². The second-order valence-corrected chi connectivity index (χ2v) is 8.66. The van der Waals surface area contributed by atoms with Crippen LogP contribution in [0.25, 0.3) is 16.0 Å². The summed E-state index contributed by atoms with van der Waals surface area (Å²) in [6.45, 7) is 12.7. The van der Waals surface area contributed by atoms with Gasteiger partial charge in [0.15, 0.2) is 0 Å². The molecule has 0 unspecified atom stereocenters. The summed E-state index contributed by atoms with van der Waals surface area (Å²) in [6, 6.07) is 20.8. The highest BCUT2D eigenvalue weighted by Crippen LogP contribution is 2.39. The minimum absolute atomic E-state index is 0.255.